The highest BCUT2D eigenvalue weighted by molar-refractivity contribution is 5.92. The number of carbonyl (C=O) groups excluding carboxylic acids is 1. The van der Waals surface area contributed by atoms with E-state index in [2.05, 4.69) is 10.2 Å². The van der Waals surface area contributed by atoms with Crippen LogP contribution in [0.5, 0.6) is 11.5 Å². The van der Waals surface area contributed by atoms with Crippen LogP contribution < -0.4 is 9.47 Å². The second-order valence-corrected chi connectivity index (χ2v) is 6.21. The topological polar surface area (TPSA) is 76.7 Å². The smallest absolute Gasteiger partial charge is 0.274 e. The molecule has 1 aliphatic heterocycles. The van der Waals surface area contributed by atoms with Gasteiger partial charge < -0.3 is 19.1 Å². The van der Waals surface area contributed by atoms with Gasteiger partial charge in [0.1, 0.15) is 18.1 Å². The molecule has 25 heavy (non-hydrogen) atoms. The first-order valence-corrected chi connectivity index (χ1v) is 8.31. The molecule has 7 nitrogen and oxygen atoms in total. The number of methoxy groups -OCH3 is 1. The molecule has 1 saturated heterocycles. The lowest BCUT2D eigenvalue weighted by Gasteiger charge is -2.34. The number of aromatic amines is 1. The fraction of sp³-hybridized carbons (Fsp3) is 0.444. The van der Waals surface area contributed by atoms with Crippen molar-refractivity contribution in [3.8, 4) is 11.5 Å². The molecule has 0 saturated carbocycles. The van der Waals surface area contributed by atoms with E-state index in [0.29, 0.717) is 31.1 Å². The minimum Gasteiger partial charge on any atom is -0.497 e. The number of hydrogen-bond donors (Lipinski definition) is 1. The van der Waals surface area contributed by atoms with E-state index in [4.69, 9.17) is 14.2 Å². The number of benzene rings is 1. The maximum absolute atomic E-state index is 12.6. The largest absolute Gasteiger partial charge is 0.497 e. The number of rotatable bonds is 5. The molecule has 2 atom stereocenters. The Morgan fingerprint density at radius 3 is 2.72 bits per heavy atom. The van der Waals surface area contributed by atoms with Gasteiger partial charge in [-0.3, -0.25) is 9.89 Å². The molecule has 1 fully saturated rings. The SMILES string of the molecule is COc1cccc(OCc2cc(C(=O)N3C[C@@H](C)O[C@@H](C)C3)n[nH]2)c1. The average molecular weight is 345 g/mol. The Hall–Kier alpha value is -2.54. The van der Waals surface area contributed by atoms with Crippen molar-refractivity contribution in [1.82, 2.24) is 15.1 Å². The molecule has 1 aliphatic rings. The van der Waals surface area contributed by atoms with Crippen LogP contribution >= 0.6 is 0 Å². The van der Waals surface area contributed by atoms with Crippen molar-refractivity contribution in [2.75, 3.05) is 20.2 Å². The Morgan fingerprint density at radius 1 is 1.28 bits per heavy atom. The van der Waals surface area contributed by atoms with Crippen LogP contribution in [0.25, 0.3) is 0 Å². The van der Waals surface area contributed by atoms with Crippen LogP contribution in [0.1, 0.15) is 30.0 Å². The van der Waals surface area contributed by atoms with Crippen LogP contribution in [0.3, 0.4) is 0 Å². The zero-order chi connectivity index (χ0) is 17.8. The molecule has 1 amide bonds. The van der Waals surface area contributed by atoms with E-state index in [-0.39, 0.29) is 18.1 Å². The predicted molar refractivity (Wildman–Crippen MR) is 91.8 cm³/mol. The summed E-state index contributed by atoms with van der Waals surface area (Å²) in [4.78, 5) is 14.4. The first-order valence-electron chi connectivity index (χ1n) is 8.31. The van der Waals surface area contributed by atoms with Gasteiger partial charge in [-0.25, -0.2) is 0 Å². The Bertz CT molecular complexity index is 721. The number of ether oxygens (including phenoxy) is 3. The van der Waals surface area contributed by atoms with Crippen LogP contribution in [0.2, 0.25) is 0 Å². The van der Waals surface area contributed by atoms with E-state index in [1.165, 1.54) is 0 Å². The quantitative estimate of drug-likeness (QED) is 0.899. The molecule has 0 unspecified atom stereocenters. The molecule has 1 aromatic heterocycles. The lowest BCUT2D eigenvalue weighted by atomic mass is 10.2. The maximum atomic E-state index is 12.6. The highest BCUT2D eigenvalue weighted by atomic mass is 16.5. The molecule has 1 aromatic carbocycles. The Morgan fingerprint density at radius 2 is 2.00 bits per heavy atom. The number of nitrogens with zero attached hydrogens (tertiary/aromatic N) is 2. The molecular formula is C18H23N3O4. The van der Waals surface area contributed by atoms with Gasteiger partial charge >= 0.3 is 0 Å². The zero-order valence-electron chi connectivity index (χ0n) is 14.7. The Labute approximate surface area is 146 Å². The van der Waals surface area contributed by atoms with Gasteiger partial charge in [-0.1, -0.05) is 6.07 Å². The van der Waals surface area contributed by atoms with Crippen LogP contribution in [-0.4, -0.2) is 53.4 Å². The lowest BCUT2D eigenvalue weighted by Crippen LogP contribution is -2.48. The van der Waals surface area contributed by atoms with Crippen molar-refractivity contribution in [3.63, 3.8) is 0 Å². The number of hydrogen-bond acceptors (Lipinski definition) is 5. The molecule has 134 valence electrons. The zero-order valence-corrected chi connectivity index (χ0v) is 14.7. The van der Waals surface area contributed by atoms with Crippen LogP contribution in [0.15, 0.2) is 30.3 Å². The first kappa shape index (κ1) is 17.3. The lowest BCUT2D eigenvalue weighted by molar-refractivity contribution is -0.0587. The molecule has 2 aromatic rings. The second-order valence-electron chi connectivity index (χ2n) is 6.21. The minimum atomic E-state index is -0.0918. The minimum absolute atomic E-state index is 0.0301. The second kappa shape index (κ2) is 7.57. The molecule has 0 spiro atoms. The molecule has 0 radical (unpaired) electrons. The van der Waals surface area contributed by atoms with Gasteiger partial charge in [0.25, 0.3) is 5.91 Å². The fourth-order valence-electron chi connectivity index (χ4n) is 2.90. The van der Waals surface area contributed by atoms with Crippen molar-refractivity contribution >= 4 is 5.91 Å². The monoisotopic (exact) mass is 345 g/mol. The summed E-state index contributed by atoms with van der Waals surface area (Å²) in [6.45, 7) is 5.38. The summed E-state index contributed by atoms with van der Waals surface area (Å²) in [7, 11) is 1.61. The van der Waals surface area contributed by atoms with Crippen LogP contribution in [0.4, 0.5) is 0 Å². The normalized spacial score (nSPS) is 20.4. The van der Waals surface area contributed by atoms with Crippen molar-refractivity contribution < 1.29 is 19.0 Å². The van der Waals surface area contributed by atoms with Gasteiger partial charge in [0, 0.05) is 19.2 Å². The Balaban J connectivity index is 1.60. The highest BCUT2D eigenvalue weighted by Crippen LogP contribution is 2.20. The van der Waals surface area contributed by atoms with Gasteiger partial charge in [-0.2, -0.15) is 5.10 Å². The summed E-state index contributed by atoms with van der Waals surface area (Å²) in [5, 5.41) is 6.99. The van der Waals surface area contributed by atoms with Gasteiger partial charge in [-0.15, -0.1) is 0 Å². The summed E-state index contributed by atoms with van der Waals surface area (Å²) in [5.41, 5.74) is 1.13. The van der Waals surface area contributed by atoms with E-state index in [9.17, 15) is 4.79 Å². The fourth-order valence-corrected chi connectivity index (χ4v) is 2.90. The van der Waals surface area contributed by atoms with Gasteiger partial charge in [0.15, 0.2) is 5.69 Å². The van der Waals surface area contributed by atoms with E-state index < -0.39 is 0 Å². The maximum Gasteiger partial charge on any atom is 0.274 e. The summed E-state index contributed by atoms with van der Waals surface area (Å²) >= 11 is 0. The third-order valence-electron chi connectivity index (χ3n) is 3.99. The number of H-pyrrole nitrogens is 1. The van der Waals surface area contributed by atoms with Gasteiger partial charge in [0.05, 0.1) is 25.0 Å². The first-order chi connectivity index (χ1) is 12.0. The van der Waals surface area contributed by atoms with Crippen molar-refractivity contribution in [2.45, 2.75) is 32.7 Å². The number of nitrogens with one attached hydrogen (secondary N) is 1. The van der Waals surface area contributed by atoms with Crippen molar-refractivity contribution in [1.29, 1.82) is 0 Å². The van der Waals surface area contributed by atoms with E-state index >= 15 is 0 Å². The third-order valence-corrected chi connectivity index (χ3v) is 3.99. The van der Waals surface area contributed by atoms with E-state index in [0.717, 1.165) is 11.4 Å². The summed E-state index contributed by atoms with van der Waals surface area (Å²) < 4.78 is 16.5. The van der Waals surface area contributed by atoms with E-state index in [1.54, 1.807) is 24.1 Å². The van der Waals surface area contributed by atoms with Gasteiger partial charge in [-0.05, 0) is 32.0 Å². The molecule has 2 heterocycles. The highest BCUT2D eigenvalue weighted by Gasteiger charge is 2.27. The predicted octanol–water partition coefficient (Wildman–Crippen LogP) is 2.25. The molecule has 0 bridgehead atoms. The van der Waals surface area contributed by atoms with Crippen molar-refractivity contribution in [3.05, 3.63) is 41.7 Å². The molecule has 7 heteroatoms. The average Bonchev–Trinajstić information content (AvgIpc) is 3.07. The summed E-state index contributed by atoms with van der Waals surface area (Å²) in [6, 6.07) is 9.09. The summed E-state index contributed by atoms with van der Waals surface area (Å²) in [6.07, 6.45) is 0.0602. The van der Waals surface area contributed by atoms with Crippen LogP contribution in [0, 0.1) is 0 Å². The van der Waals surface area contributed by atoms with Crippen molar-refractivity contribution in [2.24, 2.45) is 0 Å². The number of morpholine rings is 1. The molecule has 1 N–H and O–H groups in total. The molecule has 3 rings (SSSR count). The summed E-state index contributed by atoms with van der Waals surface area (Å²) in [5.74, 6) is 1.33. The molecule has 0 aliphatic carbocycles. The van der Waals surface area contributed by atoms with Gasteiger partial charge in [0.2, 0.25) is 0 Å². The number of aromatic nitrogens is 2. The number of carbonyl (C=O) groups is 1. The van der Waals surface area contributed by atoms with E-state index in [1.807, 2.05) is 32.0 Å². The third kappa shape index (κ3) is 4.30. The van der Waals surface area contributed by atoms with Crippen LogP contribution in [-0.2, 0) is 11.3 Å². The standard InChI is InChI=1S/C18H23N3O4/c1-12-9-21(10-13(2)25-12)18(22)17-7-14(19-20-17)11-24-16-6-4-5-15(8-16)23-3/h4-8,12-13H,9-11H2,1-3H3,(H,19,20)/t12-,13+. The Kier molecular flexibility index (Phi) is 5.23. The number of amides is 1. The molecular weight excluding hydrogens is 322 g/mol.